The van der Waals surface area contributed by atoms with Gasteiger partial charge in [-0.25, -0.2) is 4.98 Å². The van der Waals surface area contributed by atoms with Crippen LogP contribution in [0.25, 0.3) is 11.0 Å². The van der Waals surface area contributed by atoms with Crippen molar-refractivity contribution in [2.45, 2.75) is 26.3 Å². The van der Waals surface area contributed by atoms with Gasteiger partial charge in [-0.05, 0) is 19.1 Å². The molecule has 0 spiro atoms. The number of amides is 1. The standard InChI is InChI=1S/C16H18N4O2/c1-11-9-12(19-22-11)10-20(2)16(21)8-7-15-17-13-5-3-4-6-14(13)18-15/h3-6,9H,7-8,10H2,1-2H3,(H,17,18). The Morgan fingerprint density at radius 3 is 2.91 bits per heavy atom. The van der Waals surface area contributed by atoms with Crippen LogP contribution in [0.1, 0.15) is 23.7 Å². The van der Waals surface area contributed by atoms with Gasteiger partial charge in [-0.1, -0.05) is 17.3 Å². The number of imidazole rings is 1. The smallest absolute Gasteiger partial charge is 0.223 e. The quantitative estimate of drug-likeness (QED) is 0.785. The maximum absolute atomic E-state index is 12.2. The number of fused-ring (bicyclic) bond motifs is 1. The molecule has 6 nitrogen and oxygen atoms in total. The molecule has 0 aliphatic rings. The van der Waals surface area contributed by atoms with Crippen molar-refractivity contribution in [3.63, 3.8) is 0 Å². The van der Waals surface area contributed by atoms with Crippen LogP contribution in [0.3, 0.4) is 0 Å². The van der Waals surface area contributed by atoms with Crippen molar-refractivity contribution in [3.8, 4) is 0 Å². The number of carbonyl (C=O) groups excluding carboxylic acids is 1. The van der Waals surface area contributed by atoms with Crippen LogP contribution in [0.5, 0.6) is 0 Å². The second-order valence-corrected chi connectivity index (χ2v) is 5.38. The summed E-state index contributed by atoms with van der Waals surface area (Å²) in [5.74, 6) is 1.64. The highest BCUT2D eigenvalue weighted by molar-refractivity contribution is 5.77. The lowest BCUT2D eigenvalue weighted by atomic mass is 10.2. The highest BCUT2D eigenvalue weighted by Crippen LogP contribution is 2.12. The predicted molar refractivity (Wildman–Crippen MR) is 82.1 cm³/mol. The molecule has 1 N–H and O–H groups in total. The molecule has 2 heterocycles. The molecule has 0 aliphatic heterocycles. The molecule has 0 radical (unpaired) electrons. The van der Waals surface area contributed by atoms with Crippen LogP contribution >= 0.6 is 0 Å². The highest BCUT2D eigenvalue weighted by atomic mass is 16.5. The number of rotatable bonds is 5. The normalized spacial score (nSPS) is 11.0. The van der Waals surface area contributed by atoms with Gasteiger partial charge in [0.15, 0.2) is 0 Å². The summed E-state index contributed by atoms with van der Waals surface area (Å²) in [6.07, 6.45) is 1.00. The van der Waals surface area contributed by atoms with Crippen molar-refractivity contribution in [3.05, 3.63) is 47.6 Å². The number of carbonyl (C=O) groups is 1. The fourth-order valence-corrected chi connectivity index (χ4v) is 2.36. The van der Waals surface area contributed by atoms with E-state index in [1.807, 2.05) is 37.3 Å². The Kier molecular flexibility index (Phi) is 3.91. The van der Waals surface area contributed by atoms with Crippen molar-refractivity contribution >= 4 is 16.9 Å². The molecule has 22 heavy (non-hydrogen) atoms. The number of H-pyrrole nitrogens is 1. The fraction of sp³-hybridized carbons (Fsp3) is 0.312. The number of para-hydroxylation sites is 2. The molecule has 2 aromatic heterocycles. The minimum absolute atomic E-state index is 0.0566. The van der Waals surface area contributed by atoms with Gasteiger partial charge in [0, 0.05) is 26.0 Å². The van der Waals surface area contributed by atoms with Crippen molar-refractivity contribution in [1.82, 2.24) is 20.0 Å². The molecule has 0 saturated carbocycles. The van der Waals surface area contributed by atoms with Gasteiger partial charge in [-0.15, -0.1) is 0 Å². The molecule has 114 valence electrons. The number of aromatic amines is 1. The average molecular weight is 298 g/mol. The Hall–Kier alpha value is -2.63. The van der Waals surface area contributed by atoms with Crippen molar-refractivity contribution in [2.75, 3.05) is 7.05 Å². The summed E-state index contributed by atoms with van der Waals surface area (Å²) in [5, 5.41) is 3.90. The van der Waals surface area contributed by atoms with E-state index in [9.17, 15) is 4.79 Å². The van der Waals surface area contributed by atoms with Gasteiger partial charge in [-0.3, -0.25) is 4.79 Å². The van der Waals surface area contributed by atoms with E-state index >= 15 is 0 Å². The topological polar surface area (TPSA) is 75.0 Å². The largest absolute Gasteiger partial charge is 0.361 e. The van der Waals surface area contributed by atoms with Crippen molar-refractivity contribution in [1.29, 1.82) is 0 Å². The molecule has 0 saturated heterocycles. The second kappa shape index (κ2) is 6.01. The zero-order chi connectivity index (χ0) is 15.5. The van der Waals surface area contributed by atoms with E-state index in [-0.39, 0.29) is 5.91 Å². The van der Waals surface area contributed by atoms with Gasteiger partial charge in [0.2, 0.25) is 5.91 Å². The first-order chi connectivity index (χ1) is 10.6. The predicted octanol–water partition coefficient (Wildman–Crippen LogP) is 2.45. The maximum Gasteiger partial charge on any atom is 0.223 e. The summed E-state index contributed by atoms with van der Waals surface area (Å²) in [4.78, 5) is 21.5. The molecule has 0 bridgehead atoms. The molecule has 1 amide bonds. The molecule has 0 atom stereocenters. The lowest BCUT2D eigenvalue weighted by molar-refractivity contribution is -0.130. The van der Waals surface area contributed by atoms with Gasteiger partial charge in [0.25, 0.3) is 0 Å². The number of aromatic nitrogens is 3. The van der Waals surface area contributed by atoms with E-state index in [1.54, 1.807) is 11.9 Å². The Morgan fingerprint density at radius 1 is 1.36 bits per heavy atom. The summed E-state index contributed by atoms with van der Waals surface area (Å²) < 4.78 is 5.01. The van der Waals surface area contributed by atoms with Crippen molar-refractivity contribution in [2.24, 2.45) is 0 Å². The maximum atomic E-state index is 12.2. The summed E-state index contributed by atoms with van der Waals surface area (Å²) >= 11 is 0. The van der Waals surface area contributed by atoms with Crippen LogP contribution in [-0.4, -0.2) is 33.0 Å². The average Bonchev–Trinajstić information content (AvgIpc) is 3.10. The SMILES string of the molecule is Cc1cc(CN(C)C(=O)CCc2nc3ccccc3[nH]2)no1. The Balaban J connectivity index is 1.57. The zero-order valence-corrected chi connectivity index (χ0v) is 12.7. The third-order valence-electron chi connectivity index (χ3n) is 3.52. The minimum atomic E-state index is 0.0566. The number of hydrogen-bond donors (Lipinski definition) is 1. The number of hydrogen-bond acceptors (Lipinski definition) is 4. The van der Waals surface area contributed by atoms with E-state index in [0.717, 1.165) is 28.3 Å². The highest BCUT2D eigenvalue weighted by Gasteiger charge is 2.12. The minimum Gasteiger partial charge on any atom is -0.361 e. The summed E-state index contributed by atoms with van der Waals surface area (Å²) in [5.41, 5.74) is 2.69. The van der Waals surface area contributed by atoms with E-state index < -0.39 is 0 Å². The molecular weight excluding hydrogens is 280 g/mol. The first kappa shape index (κ1) is 14.3. The zero-order valence-electron chi connectivity index (χ0n) is 12.7. The van der Waals surface area contributed by atoms with Crippen LogP contribution in [0.4, 0.5) is 0 Å². The Bertz CT molecular complexity index is 757. The van der Waals surface area contributed by atoms with Gasteiger partial charge in [-0.2, -0.15) is 0 Å². The molecule has 0 aliphatic carbocycles. The molecule has 3 aromatic rings. The monoisotopic (exact) mass is 298 g/mol. The van der Waals surface area contributed by atoms with E-state index in [4.69, 9.17) is 4.52 Å². The third-order valence-corrected chi connectivity index (χ3v) is 3.52. The van der Waals surface area contributed by atoms with Gasteiger partial charge >= 0.3 is 0 Å². The number of nitrogens with one attached hydrogen (secondary N) is 1. The molecule has 1 aromatic carbocycles. The molecular formula is C16H18N4O2. The van der Waals surface area contributed by atoms with E-state index in [2.05, 4.69) is 15.1 Å². The van der Waals surface area contributed by atoms with Crippen LogP contribution in [0.2, 0.25) is 0 Å². The Labute approximate surface area is 128 Å². The van der Waals surface area contributed by atoms with Crippen LogP contribution < -0.4 is 0 Å². The lowest BCUT2D eigenvalue weighted by Crippen LogP contribution is -2.26. The van der Waals surface area contributed by atoms with E-state index in [1.165, 1.54) is 0 Å². The molecule has 3 rings (SSSR count). The van der Waals surface area contributed by atoms with Crippen LogP contribution in [-0.2, 0) is 17.8 Å². The Morgan fingerprint density at radius 2 is 2.18 bits per heavy atom. The first-order valence-electron chi connectivity index (χ1n) is 7.21. The fourth-order valence-electron chi connectivity index (χ4n) is 2.36. The summed E-state index contributed by atoms with van der Waals surface area (Å²) in [6, 6.07) is 9.68. The van der Waals surface area contributed by atoms with Crippen LogP contribution in [0, 0.1) is 6.92 Å². The number of benzene rings is 1. The number of nitrogens with zero attached hydrogens (tertiary/aromatic N) is 3. The van der Waals surface area contributed by atoms with Crippen molar-refractivity contribution < 1.29 is 9.32 Å². The van der Waals surface area contributed by atoms with Gasteiger partial charge in [0.05, 0.1) is 17.6 Å². The van der Waals surface area contributed by atoms with Gasteiger partial charge in [0.1, 0.15) is 17.3 Å². The van der Waals surface area contributed by atoms with Gasteiger partial charge < -0.3 is 14.4 Å². The molecule has 0 fully saturated rings. The molecule has 0 unspecified atom stereocenters. The molecule has 6 heteroatoms. The second-order valence-electron chi connectivity index (χ2n) is 5.38. The third kappa shape index (κ3) is 3.16. The summed E-state index contributed by atoms with van der Waals surface area (Å²) in [7, 11) is 1.77. The first-order valence-corrected chi connectivity index (χ1v) is 7.21. The van der Waals surface area contributed by atoms with E-state index in [0.29, 0.717) is 19.4 Å². The van der Waals surface area contributed by atoms with Crippen LogP contribution in [0.15, 0.2) is 34.9 Å². The number of aryl methyl sites for hydroxylation is 2. The lowest BCUT2D eigenvalue weighted by Gasteiger charge is -2.14. The summed E-state index contributed by atoms with van der Waals surface area (Å²) in [6.45, 7) is 2.29.